The molecule has 7 nitrogen and oxygen atoms in total. The van der Waals surface area contributed by atoms with Gasteiger partial charge in [0.1, 0.15) is 18.0 Å². The predicted molar refractivity (Wildman–Crippen MR) is 112 cm³/mol. The van der Waals surface area contributed by atoms with Crippen LogP contribution in [0.1, 0.15) is 30.9 Å². The number of aromatic nitrogens is 2. The van der Waals surface area contributed by atoms with E-state index < -0.39 is 6.61 Å². The van der Waals surface area contributed by atoms with E-state index in [0.717, 1.165) is 46.2 Å². The molecule has 1 atom stereocenters. The van der Waals surface area contributed by atoms with E-state index in [0.29, 0.717) is 19.6 Å². The molecule has 0 radical (unpaired) electrons. The first kappa shape index (κ1) is 19.1. The van der Waals surface area contributed by atoms with Crippen molar-refractivity contribution >= 4 is 16.8 Å². The van der Waals surface area contributed by atoms with Gasteiger partial charge < -0.3 is 19.9 Å². The van der Waals surface area contributed by atoms with Gasteiger partial charge >= 0.3 is 0 Å². The molecule has 7 heteroatoms. The fraction of sp³-hybridized carbons (Fsp3) is 0.391. The topological polar surface area (TPSA) is 85.6 Å². The minimum atomic E-state index is -0.528. The van der Waals surface area contributed by atoms with Crippen LogP contribution in [0.15, 0.2) is 42.6 Å². The highest BCUT2D eigenvalue weighted by Gasteiger charge is 2.42. The number of rotatable bonds is 3. The molecule has 2 N–H and O–H groups in total. The molecule has 0 saturated carbocycles. The Labute approximate surface area is 174 Å². The lowest BCUT2D eigenvalue weighted by atomic mass is 9.81. The number of amides is 1. The second-order valence-electron chi connectivity index (χ2n) is 8.17. The maximum atomic E-state index is 12.0. The molecule has 156 valence electrons. The first-order valence-corrected chi connectivity index (χ1v) is 10.3. The lowest BCUT2D eigenvalue weighted by Gasteiger charge is -2.44. The predicted octanol–water partition coefficient (Wildman–Crippen LogP) is 2.72. The third-order valence-electron chi connectivity index (χ3n) is 6.25. The molecule has 2 aromatic carbocycles. The summed E-state index contributed by atoms with van der Waals surface area (Å²) in [4.78, 5) is 12.0. The summed E-state index contributed by atoms with van der Waals surface area (Å²) in [5, 5.41) is 17.7. The first-order chi connectivity index (χ1) is 14.6. The van der Waals surface area contributed by atoms with Gasteiger partial charge in [-0.2, -0.15) is 5.10 Å². The van der Waals surface area contributed by atoms with Gasteiger partial charge in [0.25, 0.3) is 0 Å². The van der Waals surface area contributed by atoms with Crippen molar-refractivity contribution in [1.82, 2.24) is 15.1 Å². The van der Waals surface area contributed by atoms with Gasteiger partial charge in [0.05, 0.1) is 31.0 Å². The zero-order valence-electron chi connectivity index (χ0n) is 16.9. The average molecular weight is 407 g/mol. The van der Waals surface area contributed by atoms with Crippen molar-refractivity contribution in [3.63, 3.8) is 0 Å². The molecule has 3 aromatic rings. The lowest BCUT2D eigenvalue weighted by Crippen LogP contribution is -2.48. The Morgan fingerprint density at radius 2 is 2.00 bits per heavy atom. The third-order valence-corrected chi connectivity index (χ3v) is 6.25. The van der Waals surface area contributed by atoms with Gasteiger partial charge in [-0.3, -0.25) is 9.48 Å². The summed E-state index contributed by atoms with van der Waals surface area (Å²) >= 11 is 0. The molecule has 1 amide bonds. The van der Waals surface area contributed by atoms with Crippen molar-refractivity contribution in [3.8, 4) is 16.9 Å². The molecular formula is C23H25N3O4. The van der Waals surface area contributed by atoms with E-state index in [1.165, 1.54) is 0 Å². The summed E-state index contributed by atoms with van der Waals surface area (Å²) in [6, 6.07) is 12.2. The molecule has 1 aromatic heterocycles. The van der Waals surface area contributed by atoms with Crippen LogP contribution >= 0.6 is 0 Å². The third kappa shape index (κ3) is 3.34. The molecule has 2 aliphatic heterocycles. The van der Waals surface area contributed by atoms with Crippen LogP contribution in [0.3, 0.4) is 0 Å². The van der Waals surface area contributed by atoms with Gasteiger partial charge in [0, 0.05) is 37.3 Å². The molecule has 3 heterocycles. The number of hydrogen-bond donors (Lipinski definition) is 2. The number of carbonyl (C=O) groups excluding carboxylic acids is 1. The van der Waals surface area contributed by atoms with Crippen molar-refractivity contribution in [2.45, 2.75) is 30.9 Å². The molecule has 0 aliphatic carbocycles. The van der Waals surface area contributed by atoms with E-state index in [-0.39, 0.29) is 17.6 Å². The summed E-state index contributed by atoms with van der Waals surface area (Å²) in [6.07, 6.45) is 4.10. The second-order valence-corrected chi connectivity index (χ2v) is 8.17. The van der Waals surface area contributed by atoms with Crippen molar-refractivity contribution in [2.75, 3.05) is 19.8 Å². The SMILES string of the molecule is Cn1ncc2ccc(-c3ccc4c(c3)C(NC(=O)CO)CC3(CCOCC3)O4)cc21. The van der Waals surface area contributed by atoms with Crippen LogP contribution in [0, 0.1) is 0 Å². The molecule has 2 aliphatic rings. The number of aryl methyl sites for hydroxylation is 1. The van der Waals surface area contributed by atoms with E-state index in [1.807, 2.05) is 24.0 Å². The number of nitrogens with zero attached hydrogens (tertiary/aromatic N) is 2. The molecule has 1 unspecified atom stereocenters. The first-order valence-electron chi connectivity index (χ1n) is 10.3. The Hall–Kier alpha value is -2.90. The zero-order chi connectivity index (χ0) is 20.7. The highest BCUT2D eigenvalue weighted by molar-refractivity contribution is 5.84. The quantitative estimate of drug-likeness (QED) is 0.697. The average Bonchev–Trinajstić information content (AvgIpc) is 3.14. The van der Waals surface area contributed by atoms with E-state index in [9.17, 15) is 9.90 Å². The fourth-order valence-electron chi connectivity index (χ4n) is 4.59. The standard InChI is InChI=1S/C23H25N3O4/c1-26-20-11-16(2-3-17(20)13-24-26)15-4-5-21-18(10-15)19(25-22(28)14-27)12-23(30-21)6-8-29-9-7-23/h2-5,10-11,13,19,27H,6-9,12,14H2,1H3,(H,25,28). The van der Waals surface area contributed by atoms with Crippen molar-refractivity contribution in [1.29, 1.82) is 0 Å². The van der Waals surface area contributed by atoms with Crippen LogP contribution in [-0.4, -0.2) is 46.2 Å². The number of aliphatic hydroxyl groups excluding tert-OH is 1. The minimum absolute atomic E-state index is 0.216. The van der Waals surface area contributed by atoms with Gasteiger partial charge in [-0.1, -0.05) is 18.2 Å². The van der Waals surface area contributed by atoms with Crippen molar-refractivity contribution < 1.29 is 19.4 Å². The van der Waals surface area contributed by atoms with Gasteiger partial charge in [0.15, 0.2) is 0 Å². The van der Waals surface area contributed by atoms with E-state index >= 15 is 0 Å². The number of aliphatic hydroxyl groups is 1. The van der Waals surface area contributed by atoms with Crippen LogP contribution in [0.5, 0.6) is 5.75 Å². The van der Waals surface area contributed by atoms with Crippen molar-refractivity contribution in [2.24, 2.45) is 7.05 Å². The molecule has 1 saturated heterocycles. The highest BCUT2D eigenvalue weighted by Crippen LogP contribution is 2.45. The smallest absolute Gasteiger partial charge is 0.246 e. The largest absolute Gasteiger partial charge is 0.487 e. The Morgan fingerprint density at radius 1 is 1.23 bits per heavy atom. The second kappa shape index (κ2) is 7.41. The molecular weight excluding hydrogens is 382 g/mol. The molecule has 30 heavy (non-hydrogen) atoms. The van der Waals surface area contributed by atoms with Crippen LogP contribution in [0.25, 0.3) is 22.0 Å². The number of benzene rings is 2. The number of hydrogen-bond acceptors (Lipinski definition) is 5. The normalized spacial score (nSPS) is 20.0. The number of fused-ring (bicyclic) bond motifs is 2. The molecule has 1 fully saturated rings. The summed E-state index contributed by atoms with van der Waals surface area (Å²) in [5.74, 6) is 0.411. The van der Waals surface area contributed by atoms with Crippen LogP contribution in [0.4, 0.5) is 0 Å². The Bertz CT molecular complexity index is 1100. The van der Waals surface area contributed by atoms with Crippen LogP contribution in [0.2, 0.25) is 0 Å². The van der Waals surface area contributed by atoms with Crippen LogP contribution in [-0.2, 0) is 16.6 Å². The Morgan fingerprint density at radius 3 is 2.80 bits per heavy atom. The summed E-state index contributed by atoms with van der Waals surface area (Å²) in [5.41, 5.74) is 3.79. The van der Waals surface area contributed by atoms with Gasteiger partial charge in [-0.25, -0.2) is 0 Å². The maximum Gasteiger partial charge on any atom is 0.246 e. The zero-order valence-corrected chi connectivity index (χ0v) is 16.9. The summed E-state index contributed by atoms with van der Waals surface area (Å²) in [6.45, 7) is 0.775. The summed E-state index contributed by atoms with van der Waals surface area (Å²) in [7, 11) is 1.93. The van der Waals surface area contributed by atoms with E-state index in [4.69, 9.17) is 9.47 Å². The lowest BCUT2D eigenvalue weighted by molar-refractivity contribution is -0.125. The maximum absolute atomic E-state index is 12.0. The molecule has 0 bridgehead atoms. The van der Waals surface area contributed by atoms with E-state index in [2.05, 4.69) is 40.7 Å². The molecule has 5 rings (SSSR count). The van der Waals surface area contributed by atoms with Gasteiger partial charge in [0.2, 0.25) is 5.91 Å². The number of carbonyl (C=O) groups is 1. The Kier molecular flexibility index (Phi) is 4.72. The molecule has 1 spiro atoms. The monoisotopic (exact) mass is 407 g/mol. The minimum Gasteiger partial charge on any atom is -0.487 e. The summed E-state index contributed by atoms with van der Waals surface area (Å²) < 4.78 is 13.8. The number of nitrogens with one attached hydrogen (secondary N) is 1. The fourth-order valence-corrected chi connectivity index (χ4v) is 4.59. The van der Waals surface area contributed by atoms with Crippen molar-refractivity contribution in [3.05, 3.63) is 48.2 Å². The Balaban J connectivity index is 1.55. The van der Waals surface area contributed by atoms with Gasteiger partial charge in [-0.05, 0) is 29.3 Å². The van der Waals surface area contributed by atoms with Crippen LogP contribution < -0.4 is 10.1 Å². The number of ether oxygens (including phenoxy) is 2. The van der Waals surface area contributed by atoms with E-state index in [1.54, 1.807) is 0 Å². The van der Waals surface area contributed by atoms with Gasteiger partial charge in [-0.15, -0.1) is 0 Å². The highest BCUT2D eigenvalue weighted by atomic mass is 16.5.